The molecule has 1 aliphatic rings. The zero-order valence-corrected chi connectivity index (χ0v) is 11.9. The van der Waals surface area contributed by atoms with Crippen molar-refractivity contribution in [3.63, 3.8) is 0 Å². The molecule has 0 aromatic heterocycles. The van der Waals surface area contributed by atoms with Gasteiger partial charge in [-0.1, -0.05) is 19.1 Å². The van der Waals surface area contributed by atoms with E-state index >= 15 is 0 Å². The summed E-state index contributed by atoms with van der Waals surface area (Å²) in [7, 11) is 0. The van der Waals surface area contributed by atoms with Crippen molar-refractivity contribution < 1.29 is 4.39 Å². The van der Waals surface area contributed by atoms with Gasteiger partial charge in [-0.25, -0.2) is 4.39 Å². The van der Waals surface area contributed by atoms with E-state index in [0.29, 0.717) is 5.69 Å². The van der Waals surface area contributed by atoms with E-state index in [2.05, 4.69) is 23.6 Å². The van der Waals surface area contributed by atoms with E-state index in [1.54, 1.807) is 6.07 Å². The van der Waals surface area contributed by atoms with Crippen LogP contribution < -0.4 is 10.6 Å². The van der Waals surface area contributed by atoms with Crippen LogP contribution in [0.1, 0.15) is 20.3 Å². The summed E-state index contributed by atoms with van der Waals surface area (Å²) in [6.07, 6.45) is 0.973. The van der Waals surface area contributed by atoms with Crippen molar-refractivity contribution in [2.75, 3.05) is 37.6 Å². The molecular weight excluding hydrogens is 241 g/mol. The molecule has 19 heavy (non-hydrogen) atoms. The molecule has 106 valence electrons. The molecule has 1 unspecified atom stereocenters. The first kappa shape index (κ1) is 14.3. The molecule has 0 saturated carbocycles. The fourth-order valence-corrected chi connectivity index (χ4v) is 2.48. The minimum absolute atomic E-state index is 0.125. The maximum absolute atomic E-state index is 13.7. The van der Waals surface area contributed by atoms with Gasteiger partial charge in [0.25, 0.3) is 0 Å². The molecule has 2 N–H and O–H groups in total. The smallest absolute Gasteiger partial charge is 0.146 e. The highest BCUT2D eigenvalue weighted by molar-refractivity contribution is 5.47. The summed E-state index contributed by atoms with van der Waals surface area (Å²) in [6.45, 7) is 8.74. The van der Waals surface area contributed by atoms with Gasteiger partial charge in [-0.05, 0) is 25.5 Å². The highest BCUT2D eigenvalue weighted by Crippen LogP contribution is 2.20. The fraction of sp³-hybridized carbons (Fsp3) is 0.600. The number of nitrogens with zero attached hydrogens (tertiary/aromatic N) is 2. The van der Waals surface area contributed by atoms with Gasteiger partial charge in [0.2, 0.25) is 0 Å². The van der Waals surface area contributed by atoms with Gasteiger partial charge in [0, 0.05) is 38.3 Å². The average molecular weight is 265 g/mol. The van der Waals surface area contributed by atoms with Gasteiger partial charge in [-0.3, -0.25) is 4.90 Å². The molecule has 0 aliphatic carbocycles. The van der Waals surface area contributed by atoms with Crippen molar-refractivity contribution in [2.24, 2.45) is 5.73 Å². The lowest BCUT2D eigenvalue weighted by Crippen LogP contribution is -2.54. The Labute approximate surface area is 115 Å². The molecule has 0 bridgehead atoms. The van der Waals surface area contributed by atoms with Crippen molar-refractivity contribution in [2.45, 2.75) is 25.8 Å². The standard InChI is InChI=1S/C15H24FN3/c1-3-15(2,17)12-18-8-10-19(11-9-18)14-7-5-4-6-13(14)16/h4-7H,3,8-12,17H2,1-2H3. The third kappa shape index (κ3) is 3.67. The van der Waals surface area contributed by atoms with Crippen molar-refractivity contribution in [3.8, 4) is 0 Å². The zero-order valence-electron chi connectivity index (χ0n) is 11.9. The van der Waals surface area contributed by atoms with Crippen LogP contribution in [0.15, 0.2) is 24.3 Å². The molecular formula is C15H24FN3. The number of hydrogen-bond donors (Lipinski definition) is 1. The third-order valence-electron chi connectivity index (χ3n) is 3.96. The first-order chi connectivity index (χ1) is 9.02. The van der Waals surface area contributed by atoms with Crippen LogP contribution in [0.2, 0.25) is 0 Å². The van der Waals surface area contributed by atoms with Crippen molar-refractivity contribution in [3.05, 3.63) is 30.1 Å². The van der Waals surface area contributed by atoms with E-state index < -0.39 is 0 Å². The van der Waals surface area contributed by atoms with E-state index in [1.165, 1.54) is 6.07 Å². The van der Waals surface area contributed by atoms with Crippen LogP contribution >= 0.6 is 0 Å². The predicted molar refractivity (Wildman–Crippen MR) is 77.9 cm³/mol. The molecule has 2 rings (SSSR count). The first-order valence-corrected chi connectivity index (χ1v) is 7.02. The Bertz CT molecular complexity index is 412. The largest absolute Gasteiger partial charge is 0.367 e. The number of nitrogens with two attached hydrogens (primary N) is 1. The lowest BCUT2D eigenvalue weighted by molar-refractivity contribution is 0.202. The van der Waals surface area contributed by atoms with Gasteiger partial charge in [-0.15, -0.1) is 0 Å². The van der Waals surface area contributed by atoms with Gasteiger partial charge < -0.3 is 10.6 Å². The van der Waals surface area contributed by atoms with Crippen LogP contribution in [0.3, 0.4) is 0 Å². The first-order valence-electron chi connectivity index (χ1n) is 7.02. The van der Waals surface area contributed by atoms with Crippen LogP contribution in [-0.4, -0.2) is 43.2 Å². The summed E-state index contributed by atoms with van der Waals surface area (Å²) in [5, 5.41) is 0. The van der Waals surface area contributed by atoms with Crippen molar-refractivity contribution in [1.29, 1.82) is 0 Å². The summed E-state index contributed by atoms with van der Waals surface area (Å²) in [4.78, 5) is 4.49. The molecule has 1 heterocycles. The molecule has 1 atom stereocenters. The van der Waals surface area contributed by atoms with E-state index in [4.69, 9.17) is 5.73 Å². The lowest BCUT2D eigenvalue weighted by Gasteiger charge is -2.39. The molecule has 1 aromatic rings. The van der Waals surface area contributed by atoms with E-state index in [0.717, 1.165) is 39.1 Å². The molecule has 1 aliphatic heterocycles. The molecule has 0 spiro atoms. The summed E-state index contributed by atoms with van der Waals surface area (Å²) in [5.74, 6) is -0.131. The van der Waals surface area contributed by atoms with Crippen molar-refractivity contribution >= 4 is 5.69 Å². The predicted octanol–water partition coefficient (Wildman–Crippen LogP) is 2.08. The van der Waals surface area contributed by atoms with Gasteiger partial charge in [-0.2, -0.15) is 0 Å². The van der Waals surface area contributed by atoms with Crippen LogP contribution in [0.25, 0.3) is 0 Å². The van der Waals surface area contributed by atoms with Crippen LogP contribution in [0.4, 0.5) is 10.1 Å². The molecule has 0 amide bonds. The van der Waals surface area contributed by atoms with E-state index in [9.17, 15) is 4.39 Å². The Balaban J connectivity index is 1.91. The summed E-state index contributed by atoms with van der Waals surface area (Å²) in [5.41, 5.74) is 6.79. The number of benzene rings is 1. The number of piperazine rings is 1. The van der Waals surface area contributed by atoms with E-state index in [1.807, 2.05) is 12.1 Å². The molecule has 4 heteroatoms. The Morgan fingerprint density at radius 1 is 1.21 bits per heavy atom. The third-order valence-corrected chi connectivity index (χ3v) is 3.96. The molecule has 0 radical (unpaired) electrons. The average Bonchev–Trinajstić information content (AvgIpc) is 2.40. The van der Waals surface area contributed by atoms with E-state index in [-0.39, 0.29) is 11.4 Å². The zero-order chi connectivity index (χ0) is 13.9. The minimum Gasteiger partial charge on any atom is -0.367 e. The number of halogens is 1. The topological polar surface area (TPSA) is 32.5 Å². The number of hydrogen-bond acceptors (Lipinski definition) is 3. The van der Waals surface area contributed by atoms with Gasteiger partial charge in [0.15, 0.2) is 0 Å². The molecule has 1 fully saturated rings. The number of para-hydroxylation sites is 1. The molecule has 1 aromatic carbocycles. The summed E-state index contributed by atoms with van der Waals surface area (Å²) in [6, 6.07) is 6.99. The maximum atomic E-state index is 13.7. The molecule has 1 saturated heterocycles. The minimum atomic E-state index is -0.131. The second-order valence-electron chi connectivity index (χ2n) is 5.72. The SMILES string of the molecule is CCC(C)(N)CN1CCN(c2ccccc2F)CC1. The van der Waals surface area contributed by atoms with Crippen molar-refractivity contribution in [1.82, 2.24) is 4.90 Å². The normalized spacial score (nSPS) is 20.3. The summed E-state index contributed by atoms with van der Waals surface area (Å²) < 4.78 is 13.7. The monoisotopic (exact) mass is 265 g/mol. The summed E-state index contributed by atoms with van der Waals surface area (Å²) >= 11 is 0. The Morgan fingerprint density at radius 3 is 2.42 bits per heavy atom. The van der Waals surface area contributed by atoms with Gasteiger partial charge in [0.1, 0.15) is 5.82 Å². The quantitative estimate of drug-likeness (QED) is 0.904. The van der Waals surface area contributed by atoms with Crippen LogP contribution in [-0.2, 0) is 0 Å². The van der Waals surface area contributed by atoms with Crippen LogP contribution in [0, 0.1) is 5.82 Å². The maximum Gasteiger partial charge on any atom is 0.146 e. The van der Waals surface area contributed by atoms with Gasteiger partial charge >= 0.3 is 0 Å². The Hall–Kier alpha value is -1.13. The number of anilines is 1. The fourth-order valence-electron chi connectivity index (χ4n) is 2.48. The highest BCUT2D eigenvalue weighted by Gasteiger charge is 2.24. The second kappa shape index (κ2) is 5.88. The second-order valence-corrected chi connectivity index (χ2v) is 5.72. The lowest BCUT2D eigenvalue weighted by atomic mass is 9.99. The van der Waals surface area contributed by atoms with Gasteiger partial charge in [0.05, 0.1) is 5.69 Å². The Morgan fingerprint density at radius 2 is 1.84 bits per heavy atom. The Kier molecular flexibility index (Phi) is 4.42. The number of rotatable bonds is 4. The highest BCUT2D eigenvalue weighted by atomic mass is 19.1. The molecule has 3 nitrogen and oxygen atoms in total. The van der Waals surface area contributed by atoms with Crippen LogP contribution in [0.5, 0.6) is 0 Å².